The molecule has 0 radical (unpaired) electrons. The number of hydrogen-bond donors (Lipinski definition) is 1. The Morgan fingerprint density at radius 1 is 1.33 bits per heavy atom. The number of aryl methyl sites for hydroxylation is 1. The van der Waals surface area contributed by atoms with Gasteiger partial charge in [0.25, 0.3) is 0 Å². The summed E-state index contributed by atoms with van der Waals surface area (Å²) in [5.74, 6) is 0.179. The fourth-order valence-electron chi connectivity index (χ4n) is 3.93. The number of anilines is 1. The van der Waals surface area contributed by atoms with E-state index in [9.17, 15) is 9.90 Å². The predicted octanol–water partition coefficient (Wildman–Crippen LogP) is 2.58. The molecule has 1 saturated heterocycles. The van der Waals surface area contributed by atoms with E-state index in [0.29, 0.717) is 6.42 Å². The Kier molecular flexibility index (Phi) is 3.83. The maximum absolute atomic E-state index is 12.0. The van der Waals surface area contributed by atoms with Crippen molar-refractivity contribution in [3.05, 3.63) is 17.6 Å². The van der Waals surface area contributed by atoms with E-state index < -0.39 is 11.5 Å². The van der Waals surface area contributed by atoms with Crippen molar-refractivity contribution in [1.82, 2.24) is 9.97 Å². The van der Waals surface area contributed by atoms with Gasteiger partial charge in [0.15, 0.2) is 0 Å². The Morgan fingerprint density at radius 2 is 2.14 bits per heavy atom. The molecule has 1 aliphatic carbocycles. The number of fused-ring (bicyclic) bond motifs is 1. The Hall–Kier alpha value is -1.65. The molecule has 1 atom stereocenters. The van der Waals surface area contributed by atoms with Crippen LogP contribution in [0.1, 0.15) is 56.7 Å². The monoisotopic (exact) mass is 289 g/mol. The number of carbonyl (C=O) groups is 1. The lowest BCUT2D eigenvalue weighted by atomic mass is 9.89. The summed E-state index contributed by atoms with van der Waals surface area (Å²) in [7, 11) is 0. The van der Waals surface area contributed by atoms with Gasteiger partial charge in [-0.15, -0.1) is 0 Å². The van der Waals surface area contributed by atoms with Crippen LogP contribution in [0, 0.1) is 0 Å². The van der Waals surface area contributed by atoms with E-state index in [4.69, 9.17) is 0 Å². The fourth-order valence-corrected chi connectivity index (χ4v) is 3.93. The van der Waals surface area contributed by atoms with Crippen LogP contribution in [-0.2, 0) is 17.6 Å². The molecule has 0 saturated carbocycles. The molecule has 3 rings (SSSR count). The Labute approximate surface area is 125 Å². The molecule has 1 aromatic heterocycles. The molecule has 114 valence electrons. The number of aromatic nitrogens is 2. The van der Waals surface area contributed by atoms with Gasteiger partial charge < -0.3 is 10.0 Å². The van der Waals surface area contributed by atoms with Crippen LogP contribution in [-0.4, -0.2) is 33.1 Å². The molecule has 1 aliphatic heterocycles. The number of nitrogens with zero attached hydrogens (tertiary/aromatic N) is 3. The van der Waals surface area contributed by atoms with Gasteiger partial charge >= 0.3 is 5.97 Å². The standard InChI is InChI=1S/C16H23N3O2/c1-2-8-16(15(20)21)9-5-10-19(16)14-12-6-3-4-7-13(12)17-11-18-14/h11H,2-10H2,1H3,(H,20,21). The molecule has 5 nitrogen and oxygen atoms in total. The topological polar surface area (TPSA) is 66.3 Å². The minimum absolute atomic E-state index is 0.682. The van der Waals surface area contributed by atoms with Gasteiger partial charge in [-0.3, -0.25) is 0 Å². The van der Waals surface area contributed by atoms with Crippen LogP contribution in [0.5, 0.6) is 0 Å². The predicted molar refractivity (Wildman–Crippen MR) is 80.5 cm³/mol. The first-order valence-corrected chi connectivity index (χ1v) is 8.03. The molecule has 1 fully saturated rings. The summed E-state index contributed by atoms with van der Waals surface area (Å²) in [6.45, 7) is 2.84. The van der Waals surface area contributed by atoms with E-state index in [1.54, 1.807) is 6.33 Å². The van der Waals surface area contributed by atoms with Crippen LogP contribution in [0.25, 0.3) is 0 Å². The van der Waals surface area contributed by atoms with Gasteiger partial charge in [0.2, 0.25) is 0 Å². The molecule has 21 heavy (non-hydrogen) atoms. The van der Waals surface area contributed by atoms with Crippen LogP contribution < -0.4 is 4.90 Å². The first-order valence-electron chi connectivity index (χ1n) is 8.03. The molecule has 1 unspecified atom stereocenters. The summed E-state index contributed by atoms with van der Waals surface area (Å²) in [6.07, 6.45) is 9.08. The lowest BCUT2D eigenvalue weighted by molar-refractivity contribution is -0.143. The highest BCUT2D eigenvalue weighted by atomic mass is 16.4. The fraction of sp³-hybridized carbons (Fsp3) is 0.688. The second kappa shape index (κ2) is 5.62. The molecular formula is C16H23N3O2. The van der Waals surface area contributed by atoms with Crippen LogP contribution in [0.15, 0.2) is 6.33 Å². The zero-order valence-electron chi connectivity index (χ0n) is 12.6. The van der Waals surface area contributed by atoms with E-state index in [-0.39, 0.29) is 0 Å². The van der Waals surface area contributed by atoms with Crippen LogP contribution >= 0.6 is 0 Å². The minimum atomic E-state index is -0.770. The van der Waals surface area contributed by atoms with Crippen LogP contribution in [0.4, 0.5) is 5.82 Å². The van der Waals surface area contributed by atoms with Crippen LogP contribution in [0.3, 0.4) is 0 Å². The minimum Gasteiger partial charge on any atom is -0.479 e. The van der Waals surface area contributed by atoms with Crippen molar-refractivity contribution in [3.63, 3.8) is 0 Å². The summed E-state index contributed by atoms with van der Waals surface area (Å²) in [5, 5.41) is 9.85. The van der Waals surface area contributed by atoms with Gasteiger partial charge in [-0.1, -0.05) is 13.3 Å². The third kappa shape index (κ3) is 2.28. The van der Waals surface area contributed by atoms with Gasteiger partial charge in [0.1, 0.15) is 17.7 Å². The van der Waals surface area contributed by atoms with E-state index in [2.05, 4.69) is 21.8 Å². The molecule has 1 aromatic rings. The SMILES string of the molecule is CCCC1(C(=O)O)CCCN1c1ncnc2c1CCCC2. The summed E-state index contributed by atoms with van der Waals surface area (Å²) in [4.78, 5) is 22.9. The average molecular weight is 289 g/mol. The third-order valence-corrected chi connectivity index (χ3v) is 4.91. The van der Waals surface area contributed by atoms with Crippen LogP contribution in [0.2, 0.25) is 0 Å². The Bertz CT molecular complexity index is 546. The van der Waals surface area contributed by atoms with Crippen molar-refractivity contribution in [2.75, 3.05) is 11.4 Å². The first kappa shape index (κ1) is 14.3. The number of carboxylic acids is 1. The van der Waals surface area contributed by atoms with Crippen molar-refractivity contribution in [2.24, 2.45) is 0 Å². The second-order valence-corrected chi connectivity index (χ2v) is 6.17. The molecule has 0 amide bonds. The van der Waals surface area contributed by atoms with E-state index in [1.165, 1.54) is 12.0 Å². The molecular weight excluding hydrogens is 266 g/mol. The van der Waals surface area contributed by atoms with Crippen molar-refractivity contribution < 1.29 is 9.90 Å². The van der Waals surface area contributed by atoms with Crippen molar-refractivity contribution >= 4 is 11.8 Å². The smallest absolute Gasteiger partial charge is 0.329 e. The molecule has 0 spiro atoms. The molecule has 5 heteroatoms. The quantitative estimate of drug-likeness (QED) is 0.922. The lowest BCUT2D eigenvalue weighted by Gasteiger charge is -2.37. The average Bonchev–Trinajstić information content (AvgIpc) is 2.92. The highest BCUT2D eigenvalue weighted by Gasteiger charge is 2.48. The van der Waals surface area contributed by atoms with E-state index >= 15 is 0 Å². The molecule has 0 aromatic carbocycles. The summed E-state index contributed by atoms with van der Waals surface area (Å²) < 4.78 is 0. The Morgan fingerprint density at radius 3 is 2.90 bits per heavy atom. The molecule has 2 aliphatic rings. The molecule has 2 heterocycles. The third-order valence-electron chi connectivity index (χ3n) is 4.91. The van der Waals surface area contributed by atoms with Gasteiger partial charge in [-0.25, -0.2) is 14.8 Å². The van der Waals surface area contributed by atoms with Crippen molar-refractivity contribution in [3.8, 4) is 0 Å². The van der Waals surface area contributed by atoms with Gasteiger partial charge in [0.05, 0.1) is 0 Å². The van der Waals surface area contributed by atoms with Crippen molar-refractivity contribution in [1.29, 1.82) is 0 Å². The number of rotatable bonds is 4. The highest BCUT2D eigenvalue weighted by molar-refractivity contribution is 5.84. The zero-order chi connectivity index (χ0) is 14.9. The van der Waals surface area contributed by atoms with Gasteiger partial charge in [-0.2, -0.15) is 0 Å². The lowest BCUT2D eigenvalue weighted by Crippen LogP contribution is -2.51. The molecule has 1 N–H and O–H groups in total. The maximum atomic E-state index is 12.0. The van der Waals surface area contributed by atoms with E-state index in [0.717, 1.165) is 56.6 Å². The first-order chi connectivity index (χ1) is 10.2. The number of carboxylic acid groups (broad SMARTS) is 1. The van der Waals surface area contributed by atoms with Gasteiger partial charge in [-0.05, 0) is 44.9 Å². The summed E-state index contributed by atoms with van der Waals surface area (Å²) >= 11 is 0. The largest absolute Gasteiger partial charge is 0.479 e. The van der Waals surface area contributed by atoms with E-state index in [1.807, 2.05) is 0 Å². The van der Waals surface area contributed by atoms with Crippen molar-refractivity contribution in [2.45, 2.75) is 63.8 Å². The second-order valence-electron chi connectivity index (χ2n) is 6.17. The molecule has 0 bridgehead atoms. The number of aliphatic carboxylic acids is 1. The summed E-state index contributed by atoms with van der Waals surface area (Å²) in [5.41, 5.74) is 1.54. The maximum Gasteiger partial charge on any atom is 0.329 e. The number of hydrogen-bond acceptors (Lipinski definition) is 4. The van der Waals surface area contributed by atoms with Gasteiger partial charge in [0, 0.05) is 17.8 Å². The highest BCUT2D eigenvalue weighted by Crippen LogP contribution is 2.40. The normalized spacial score (nSPS) is 24.9. The zero-order valence-corrected chi connectivity index (χ0v) is 12.6. The summed E-state index contributed by atoms with van der Waals surface area (Å²) in [6, 6.07) is 0. The Balaban J connectivity index is 2.04.